The van der Waals surface area contributed by atoms with Crippen molar-refractivity contribution in [3.8, 4) is 5.75 Å². The molecule has 1 heterocycles. The lowest BCUT2D eigenvalue weighted by atomic mass is 10.1. The van der Waals surface area contributed by atoms with E-state index in [0.717, 1.165) is 4.90 Å². The third-order valence-corrected chi connectivity index (χ3v) is 5.73. The van der Waals surface area contributed by atoms with Crippen molar-refractivity contribution in [1.29, 1.82) is 0 Å². The number of carbonyl (C=O) groups is 3. The Morgan fingerprint density at radius 1 is 1.16 bits per heavy atom. The SMILES string of the molecule is COc1cccc(NC(=O)NC2CSc3ccccc3N(CC(=O)NC(C)(C)C)C2=O)c1. The number of fused-ring (bicyclic) bond motifs is 1. The normalized spacial score (nSPS) is 15.9. The number of hydrogen-bond acceptors (Lipinski definition) is 5. The Labute approximate surface area is 192 Å². The summed E-state index contributed by atoms with van der Waals surface area (Å²) in [6.07, 6.45) is 0. The fraction of sp³-hybridized carbons (Fsp3) is 0.348. The van der Waals surface area contributed by atoms with Crippen LogP contribution in [0.4, 0.5) is 16.2 Å². The van der Waals surface area contributed by atoms with Crippen LogP contribution in [0.3, 0.4) is 0 Å². The quantitative estimate of drug-likeness (QED) is 0.641. The average Bonchev–Trinajstić information content (AvgIpc) is 2.85. The van der Waals surface area contributed by atoms with Crippen LogP contribution in [0.15, 0.2) is 53.4 Å². The molecule has 0 radical (unpaired) electrons. The van der Waals surface area contributed by atoms with Crippen LogP contribution in [0.5, 0.6) is 5.75 Å². The number of hydrogen-bond donors (Lipinski definition) is 3. The first-order chi connectivity index (χ1) is 15.2. The monoisotopic (exact) mass is 456 g/mol. The highest BCUT2D eigenvalue weighted by molar-refractivity contribution is 7.99. The maximum atomic E-state index is 13.4. The number of anilines is 2. The van der Waals surface area contributed by atoms with Gasteiger partial charge in [0.15, 0.2) is 0 Å². The van der Waals surface area contributed by atoms with Crippen molar-refractivity contribution < 1.29 is 19.1 Å². The van der Waals surface area contributed by atoms with Gasteiger partial charge in [-0.3, -0.25) is 9.59 Å². The molecule has 0 spiro atoms. The highest BCUT2D eigenvalue weighted by atomic mass is 32.2. The minimum atomic E-state index is -0.805. The first-order valence-electron chi connectivity index (χ1n) is 10.2. The molecular formula is C23H28N4O4S. The van der Waals surface area contributed by atoms with Crippen LogP contribution in [0.1, 0.15) is 20.8 Å². The summed E-state index contributed by atoms with van der Waals surface area (Å²) in [6.45, 7) is 5.51. The zero-order valence-electron chi connectivity index (χ0n) is 18.6. The van der Waals surface area contributed by atoms with Gasteiger partial charge in [0.2, 0.25) is 5.91 Å². The number of para-hydroxylation sites is 1. The van der Waals surface area contributed by atoms with Gasteiger partial charge < -0.3 is 25.6 Å². The van der Waals surface area contributed by atoms with Crippen LogP contribution in [0.2, 0.25) is 0 Å². The molecule has 3 N–H and O–H groups in total. The fourth-order valence-corrected chi connectivity index (χ4v) is 4.32. The van der Waals surface area contributed by atoms with Crippen molar-refractivity contribution in [1.82, 2.24) is 10.6 Å². The highest BCUT2D eigenvalue weighted by Gasteiger charge is 2.33. The fourth-order valence-electron chi connectivity index (χ4n) is 3.25. The largest absolute Gasteiger partial charge is 0.497 e. The van der Waals surface area contributed by atoms with Gasteiger partial charge in [-0.2, -0.15) is 0 Å². The summed E-state index contributed by atoms with van der Waals surface area (Å²) < 4.78 is 5.17. The van der Waals surface area contributed by atoms with Crippen LogP contribution in [-0.4, -0.2) is 48.8 Å². The van der Waals surface area contributed by atoms with Crippen molar-refractivity contribution in [2.45, 2.75) is 37.2 Å². The molecule has 0 saturated carbocycles. The van der Waals surface area contributed by atoms with E-state index in [1.54, 1.807) is 31.4 Å². The molecule has 0 aliphatic carbocycles. The van der Waals surface area contributed by atoms with Gasteiger partial charge >= 0.3 is 6.03 Å². The number of urea groups is 1. The molecule has 9 heteroatoms. The Balaban J connectivity index is 1.76. The Kier molecular flexibility index (Phi) is 7.29. The second kappa shape index (κ2) is 9.95. The van der Waals surface area contributed by atoms with Gasteiger partial charge in [0, 0.05) is 27.9 Å². The standard InChI is InChI=1S/C23H28N4O4S/c1-23(2,3)26-20(28)13-27-18-10-5-6-11-19(18)32-14-17(21(27)29)25-22(30)24-15-8-7-9-16(12-15)31-4/h5-12,17H,13-14H2,1-4H3,(H,26,28)(H2,24,25,30). The lowest BCUT2D eigenvalue weighted by Gasteiger charge is -2.27. The van der Waals surface area contributed by atoms with Crippen LogP contribution in [0.25, 0.3) is 0 Å². The molecule has 0 fully saturated rings. The number of benzene rings is 2. The number of rotatable bonds is 5. The zero-order valence-corrected chi connectivity index (χ0v) is 19.4. The second-order valence-electron chi connectivity index (χ2n) is 8.38. The van der Waals surface area contributed by atoms with E-state index in [0.29, 0.717) is 22.9 Å². The van der Waals surface area contributed by atoms with E-state index in [4.69, 9.17) is 4.74 Å². The van der Waals surface area contributed by atoms with Crippen LogP contribution in [-0.2, 0) is 9.59 Å². The van der Waals surface area contributed by atoms with Crippen LogP contribution < -0.4 is 25.6 Å². The van der Waals surface area contributed by atoms with E-state index in [1.807, 2.05) is 45.0 Å². The lowest BCUT2D eigenvalue weighted by Crippen LogP contribution is -2.54. The van der Waals surface area contributed by atoms with Gasteiger partial charge in [0.05, 0.1) is 12.8 Å². The molecule has 0 saturated heterocycles. The van der Waals surface area contributed by atoms with Gasteiger partial charge in [-0.1, -0.05) is 18.2 Å². The van der Waals surface area contributed by atoms with Crippen molar-refractivity contribution in [2.75, 3.05) is 29.6 Å². The summed E-state index contributed by atoms with van der Waals surface area (Å²) in [7, 11) is 1.54. The summed E-state index contributed by atoms with van der Waals surface area (Å²) in [4.78, 5) is 40.9. The van der Waals surface area contributed by atoms with Crippen LogP contribution in [0, 0.1) is 0 Å². The first-order valence-corrected chi connectivity index (χ1v) is 11.2. The Bertz CT molecular complexity index is 1010. The summed E-state index contributed by atoms with van der Waals surface area (Å²) in [5, 5.41) is 8.36. The maximum Gasteiger partial charge on any atom is 0.319 e. The molecule has 1 atom stereocenters. The average molecular weight is 457 g/mol. The van der Waals surface area contributed by atoms with Gasteiger partial charge in [-0.25, -0.2) is 4.79 Å². The highest BCUT2D eigenvalue weighted by Crippen LogP contribution is 2.34. The Hall–Kier alpha value is -3.20. The number of amides is 4. The van der Waals surface area contributed by atoms with Crippen molar-refractivity contribution in [2.24, 2.45) is 0 Å². The molecule has 3 rings (SSSR count). The molecule has 1 aliphatic rings. The van der Waals surface area contributed by atoms with Gasteiger partial charge in [0.25, 0.3) is 5.91 Å². The van der Waals surface area contributed by atoms with Gasteiger partial charge in [0.1, 0.15) is 18.3 Å². The number of carbonyl (C=O) groups excluding carboxylic acids is 3. The van der Waals surface area contributed by atoms with Crippen molar-refractivity contribution >= 4 is 41.0 Å². The van der Waals surface area contributed by atoms with E-state index >= 15 is 0 Å². The summed E-state index contributed by atoms with van der Waals surface area (Å²) in [6, 6.07) is 13.0. The summed E-state index contributed by atoms with van der Waals surface area (Å²) in [5.74, 6) is 0.341. The van der Waals surface area contributed by atoms with Gasteiger partial charge in [-0.05, 0) is 45.0 Å². The third kappa shape index (κ3) is 6.16. The predicted octanol–water partition coefficient (Wildman–Crippen LogP) is 3.24. The topological polar surface area (TPSA) is 99.8 Å². The number of nitrogens with zero attached hydrogens (tertiary/aromatic N) is 1. The Morgan fingerprint density at radius 2 is 1.91 bits per heavy atom. The summed E-state index contributed by atoms with van der Waals surface area (Å²) in [5.41, 5.74) is 0.776. The molecular weight excluding hydrogens is 428 g/mol. The molecule has 1 aliphatic heterocycles. The lowest BCUT2D eigenvalue weighted by molar-refractivity contribution is -0.125. The zero-order chi connectivity index (χ0) is 23.3. The second-order valence-corrected chi connectivity index (χ2v) is 9.45. The molecule has 0 bridgehead atoms. The minimum Gasteiger partial charge on any atom is -0.497 e. The molecule has 4 amide bonds. The smallest absolute Gasteiger partial charge is 0.319 e. The van der Waals surface area contributed by atoms with E-state index in [-0.39, 0.29) is 18.4 Å². The minimum absolute atomic E-state index is 0.136. The number of ether oxygens (including phenoxy) is 1. The predicted molar refractivity (Wildman–Crippen MR) is 126 cm³/mol. The number of thioether (sulfide) groups is 1. The molecule has 2 aromatic rings. The van der Waals surface area contributed by atoms with E-state index in [2.05, 4.69) is 16.0 Å². The van der Waals surface area contributed by atoms with E-state index in [9.17, 15) is 14.4 Å². The summed E-state index contributed by atoms with van der Waals surface area (Å²) >= 11 is 1.46. The van der Waals surface area contributed by atoms with Crippen molar-refractivity contribution in [3.63, 3.8) is 0 Å². The molecule has 1 unspecified atom stereocenters. The molecule has 2 aromatic carbocycles. The molecule has 32 heavy (non-hydrogen) atoms. The third-order valence-electron chi connectivity index (χ3n) is 4.57. The molecule has 170 valence electrons. The Morgan fingerprint density at radius 3 is 2.62 bits per heavy atom. The number of nitrogens with one attached hydrogen (secondary N) is 3. The van der Waals surface area contributed by atoms with E-state index in [1.165, 1.54) is 16.7 Å². The number of methoxy groups -OCH3 is 1. The van der Waals surface area contributed by atoms with Crippen molar-refractivity contribution in [3.05, 3.63) is 48.5 Å². The maximum absolute atomic E-state index is 13.4. The van der Waals surface area contributed by atoms with Gasteiger partial charge in [-0.15, -0.1) is 11.8 Å². The van der Waals surface area contributed by atoms with Crippen LogP contribution >= 0.6 is 11.8 Å². The van der Waals surface area contributed by atoms with E-state index < -0.39 is 17.6 Å². The first kappa shape index (κ1) is 23.5. The molecule has 0 aromatic heterocycles. The molecule has 8 nitrogen and oxygen atoms in total.